The van der Waals surface area contributed by atoms with E-state index in [1.165, 1.54) is 6.39 Å². The van der Waals surface area contributed by atoms with Gasteiger partial charge in [0, 0.05) is 17.5 Å². The smallest absolute Gasteiger partial charge is 0.251 e. The molecule has 5 heteroatoms. The number of carbonyl (C=O) groups excluding carboxylic acids is 1. The van der Waals surface area contributed by atoms with Gasteiger partial charge in [-0.25, -0.2) is 4.98 Å². The van der Waals surface area contributed by atoms with Crippen molar-refractivity contribution in [2.45, 2.75) is 18.6 Å². The summed E-state index contributed by atoms with van der Waals surface area (Å²) in [6.45, 7) is 0. The first-order valence-electron chi connectivity index (χ1n) is 7.78. The van der Waals surface area contributed by atoms with Crippen LogP contribution >= 0.6 is 0 Å². The first-order valence-corrected chi connectivity index (χ1v) is 7.78. The summed E-state index contributed by atoms with van der Waals surface area (Å²) in [6.07, 6.45) is 2.96. The number of fused-ring (bicyclic) bond motifs is 1. The maximum Gasteiger partial charge on any atom is 0.251 e. The standard InChI is InChI=1S/C19H16N2O3/c22-16-9-14-3-1-2-4-15(14)18(16)21-19(23)13-7-5-12(6-8-13)17-10-20-11-24-17/h1-8,10-11,16,18,22H,9H2,(H,21,23). The van der Waals surface area contributed by atoms with E-state index in [0.29, 0.717) is 17.7 Å². The summed E-state index contributed by atoms with van der Waals surface area (Å²) >= 11 is 0. The summed E-state index contributed by atoms with van der Waals surface area (Å²) in [7, 11) is 0. The SMILES string of the molecule is O=C(NC1c2ccccc2CC1O)c1ccc(-c2cnco2)cc1. The molecule has 0 radical (unpaired) electrons. The van der Waals surface area contributed by atoms with Crippen molar-refractivity contribution in [2.24, 2.45) is 0 Å². The topological polar surface area (TPSA) is 75.4 Å². The molecule has 0 fully saturated rings. The summed E-state index contributed by atoms with van der Waals surface area (Å²) < 4.78 is 5.24. The number of benzene rings is 2. The highest BCUT2D eigenvalue weighted by molar-refractivity contribution is 5.95. The number of aliphatic hydroxyl groups is 1. The Bertz CT molecular complexity index is 857. The first-order chi connectivity index (χ1) is 11.7. The van der Waals surface area contributed by atoms with Gasteiger partial charge < -0.3 is 14.8 Å². The highest BCUT2D eigenvalue weighted by Crippen LogP contribution is 2.31. The summed E-state index contributed by atoms with van der Waals surface area (Å²) in [4.78, 5) is 16.4. The summed E-state index contributed by atoms with van der Waals surface area (Å²) in [5.74, 6) is 0.446. The van der Waals surface area contributed by atoms with Crippen molar-refractivity contribution >= 4 is 5.91 Å². The van der Waals surface area contributed by atoms with E-state index in [1.807, 2.05) is 36.4 Å². The number of oxazole rings is 1. The van der Waals surface area contributed by atoms with Crippen molar-refractivity contribution in [2.75, 3.05) is 0 Å². The maximum absolute atomic E-state index is 12.5. The number of carbonyl (C=O) groups is 1. The zero-order chi connectivity index (χ0) is 16.5. The van der Waals surface area contributed by atoms with Crippen LogP contribution < -0.4 is 5.32 Å². The molecular formula is C19H16N2O3. The molecule has 24 heavy (non-hydrogen) atoms. The Hall–Kier alpha value is -2.92. The fraction of sp³-hybridized carbons (Fsp3) is 0.158. The number of nitrogens with zero attached hydrogens (tertiary/aromatic N) is 1. The monoisotopic (exact) mass is 320 g/mol. The van der Waals surface area contributed by atoms with E-state index in [9.17, 15) is 9.90 Å². The Morgan fingerprint density at radius 2 is 1.96 bits per heavy atom. The van der Waals surface area contributed by atoms with Gasteiger partial charge in [0.1, 0.15) is 0 Å². The van der Waals surface area contributed by atoms with Gasteiger partial charge in [0.05, 0.1) is 18.3 Å². The third-order valence-electron chi connectivity index (χ3n) is 4.35. The van der Waals surface area contributed by atoms with Gasteiger partial charge in [-0.05, 0) is 23.3 Å². The molecule has 3 aromatic rings. The molecule has 0 aliphatic heterocycles. The lowest BCUT2D eigenvalue weighted by molar-refractivity contribution is 0.0858. The van der Waals surface area contributed by atoms with E-state index in [1.54, 1.807) is 18.3 Å². The zero-order valence-corrected chi connectivity index (χ0v) is 12.8. The molecule has 1 aromatic heterocycles. The van der Waals surface area contributed by atoms with E-state index in [-0.39, 0.29) is 11.9 Å². The molecule has 5 nitrogen and oxygen atoms in total. The molecule has 1 heterocycles. The van der Waals surface area contributed by atoms with E-state index in [4.69, 9.17) is 4.42 Å². The van der Waals surface area contributed by atoms with Crippen LogP contribution in [0.1, 0.15) is 27.5 Å². The number of nitrogens with one attached hydrogen (secondary N) is 1. The Kier molecular flexibility index (Phi) is 3.63. The molecule has 2 N–H and O–H groups in total. The van der Waals surface area contributed by atoms with Gasteiger partial charge in [-0.1, -0.05) is 36.4 Å². The molecule has 0 saturated carbocycles. The molecule has 0 saturated heterocycles. The fourth-order valence-corrected chi connectivity index (χ4v) is 3.12. The van der Waals surface area contributed by atoms with Crippen LogP contribution in [0.25, 0.3) is 11.3 Å². The van der Waals surface area contributed by atoms with Crippen molar-refractivity contribution in [3.05, 3.63) is 77.8 Å². The van der Waals surface area contributed by atoms with Crippen molar-refractivity contribution in [1.82, 2.24) is 10.3 Å². The number of rotatable bonds is 3. The van der Waals surface area contributed by atoms with E-state index in [0.717, 1.165) is 16.7 Å². The van der Waals surface area contributed by atoms with Crippen LogP contribution in [0.5, 0.6) is 0 Å². The largest absolute Gasteiger partial charge is 0.444 e. The van der Waals surface area contributed by atoms with Crippen LogP contribution in [-0.4, -0.2) is 22.1 Å². The second kappa shape index (κ2) is 5.94. The molecule has 2 atom stereocenters. The van der Waals surface area contributed by atoms with Crippen molar-refractivity contribution in [1.29, 1.82) is 0 Å². The highest BCUT2D eigenvalue weighted by atomic mass is 16.3. The van der Waals surface area contributed by atoms with Crippen LogP contribution in [-0.2, 0) is 6.42 Å². The minimum absolute atomic E-state index is 0.208. The molecule has 0 spiro atoms. The first kappa shape index (κ1) is 14.7. The number of aliphatic hydroxyl groups excluding tert-OH is 1. The van der Waals surface area contributed by atoms with E-state index in [2.05, 4.69) is 10.3 Å². The second-order valence-corrected chi connectivity index (χ2v) is 5.86. The number of aromatic nitrogens is 1. The van der Waals surface area contributed by atoms with E-state index >= 15 is 0 Å². The zero-order valence-electron chi connectivity index (χ0n) is 12.8. The van der Waals surface area contributed by atoms with Crippen LogP contribution in [0.3, 0.4) is 0 Å². The lowest BCUT2D eigenvalue weighted by atomic mass is 10.1. The molecule has 0 bridgehead atoms. The Labute approximate surface area is 139 Å². The lowest BCUT2D eigenvalue weighted by Crippen LogP contribution is -2.33. The predicted octanol–water partition coefficient (Wildman–Crippen LogP) is 2.73. The maximum atomic E-state index is 12.5. The third-order valence-corrected chi connectivity index (χ3v) is 4.35. The number of amides is 1. The highest BCUT2D eigenvalue weighted by Gasteiger charge is 2.31. The minimum atomic E-state index is -0.597. The van der Waals surface area contributed by atoms with Crippen molar-refractivity contribution < 1.29 is 14.3 Å². The molecular weight excluding hydrogens is 304 g/mol. The normalized spacial score (nSPS) is 19.0. The summed E-state index contributed by atoms with van der Waals surface area (Å²) in [5.41, 5.74) is 3.46. The van der Waals surface area contributed by atoms with Crippen LogP contribution in [0.15, 0.2) is 65.5 Å². The van der Waals surface area contributed by atoms with Gasteiger partial charge in [0.15, 0.2) is 12.2 Å². The fourth-order valence-electron chi connectivity index (χ4n) is 3.12. The van der Waals surface area contributed by atoms with Crippen LogP contribution in [0.2, 0.25) is 0 Å². The molecule has 1 aliphatic rings. The molecule has 1 aliphatic carbocycles. The average Bonchev–Trinajstić information content (AvgIpc) is 3.24. The molecule has 1 amide bonds. The second-order valence-electron chi connectivity index (χ2n) is 5.86. The molecule has 4 rings (SSSR count). The molecule has 2 aromatic carbocycles. The minimum Gasteiger partial charge on any atom is -0.444 e. The predicted molar refractivity (Wildman–Crippen MR) is 88.3 cm³/mol. The van der Waals surface area contributed by atoms with Crippen LogP contribution in [0, 0.1) is 0 Å². The molecule has 2 unspecified atom stereocenters. The lowest BCUT2D eigenvalue weighted by Gasteiger charge is -2.18. The van der Waals surface area contributed by atoms with Crippen molar-refractivity contribution in [3.63, 3.8) is 0 Å². The summed E-state index contributed by atoms with van der Waals surface area (Å²) in [6, 6.07) is 14.5. The van der Waals surface area contributed by atoms with Gasteiger partial charge >= 0.3 is 0 Å². The average molecular weight is 320 g/mol. The van der Waals surface area contributed by atoms with Gasteiger partial charge in [-0.2, -0.15) is 0 Å². The van der Waals surface area contributed by atoms with Gasteiger partial charge in [0.25, 0.3) is 5.91 Å². The Morgan fingerprint density at radius 1 is 1.17 bits per heavy atom. The number of hydrogen-bond donors (Lipinski definition) is 2. The van der Waals surface area contributed by atoms with Crippen LogP contribution in [0.4, 0.5) is 0 Å². The number of hydrogen-bond acceptors (Lipinski definition) is 4. The molecule has 120 valence electrons. The van der Waals surface area contributed by atoms with E-state index < -0.39 is 6.10 Å². The quantitative estimate of drug-likeness (QED) is 0.778. The third kappa shape index (κ3) is 2.59. The Balaban J connectivity index is 1.52. The van der Waals surface area contributed by atoms with Gasteiger partial charge in [-0.3, -0.25) is 4.79 Å². The van der Waals surface area contributed by atoms with Gasteiger partial charge in [-0.15, -0.1) is 0 Å². The summed E-state index contributed by atoms with van der Waals surface area (Å²) in [5, 5.41) is 13.2. The van der Waals surface area contributed by atoms with Crippen molar-refractivity contribution in [3.8, 4) is 11.3 Å². The Morgan fingerprint density at radius 3 is 2.71 bits per heavy atom. The van der Waals surface area contributed by atoms with Gasteiger partial charge in [0.2, 0.25) is 0 Å².